The van der Waals surface area contributed by atoms with Crippen molar-refractivity contribution >= 4 is 5.82 Å². The molecule has 1 aromatic heterocycles. The highest BCUT2D eigenvalue weighted by Crippen LogP contribution is 2.39. The molecule has 3 heteroatoms. The average molecular weight is 218 g/mol. The zero-order chi connectivity index (χ0) is 11.1. The Labute approximate surface area is 96.1 Å². The molecule has 0 amide bonds. The Morgan fingerprint density at radius 2 is 1.94 bits per heavy atom. The highest BCUT2D eigenvalue weighted by atomic mass is 16.3. The fraction of sp³-hybridized carbons (Fsp3) is 0.615. The minimum Gasteiger partial charge on any atom is -0.393 e. The van der Waals surface area contributed by atoms with E-state index in [1.807, 2.05) is 13.0 Å². The van der Waals surface area contributed by atoms with E-state index in [4.69, 9.17) is 0 Å². The number of aliphatic hydroxyl groups excluding tert-OH is 1. The van der Waals surface area contributed by atoms with Crippen LogP contribution in [0.1, 0.15) is 18.5 Å². The molecule has 3 nitrogen and oxygen atoms in total. The fourth-order valence-electron chi connectivity index (χ4n) is 3.16. The number of anilines is 1. The van der Waals surface area contributed by atoms with Crippen LogP contribution in [-0.2, 0) is 0 Å². The largest absolute Gasteiger partial charge is 0.393 e. The van der Waals surface area contributed by atoms with Crippen LogP contribution in [0.15, 0.2) is 18.2 Å². The number of aromatic nitrogens is 1. The topological polar surface area (TPSA) is 36.4 Å². The molecule has 1 unspecified atom stereocenters. The molecule has 0 aromatic carbocycles. The SMILES string of the molecule is Cc1cccc(N2C[C@H]3CC(O)C[C@H]3C2)n1. The van der Waals surface area contributed by atoms with Gasteiger partial charge in [-0.05, 0) is 43.7 Å². The van der Waals surface area contributed by atoms with Crippen molar-refractivity contribution in [1.29, 1.82) is 0 Å². The van der Waals surface area contributed by atoms with Gasteiger partial charge in [0.05, 0.1) is 6.10 Å². The Morgan fingerprint density at radius 3 is 2.56 bits per heavy atom. The maximum atomic E-state index is 9.60. The molecule has 2 heterocycles. The molecule has 1 N–H and O–H groups in total. The van der Waals surface area contributed by atoms with Gasteiger partial charge in [0.2, 0.25) is 0 Å². The fourth-order valence-corrected chi connectivity index (χ4v) is 3.16. The van der Waals surface area contributed by atoms with E-state index in [0.29, 0.717) is 11.8 Å². The zero-order valence-corrected chi connectivity index (χ0v) is 9.63. The third-order valence-electron chi connectivity index (χ3n) is 3.92. The normalized spacial score (nSPS) is 33.1. The van der Waals surface area contributed by atoms with E-state index < -0.39 is 0 Å². The molecular formula is C13H18N2O. The highest BCUT2D eigenvalue weighted by molar-refractivity contribution is 5.41. The van der Waals surface area contributed by atoms with E-state index in [1.165, 1.54) is 0 Å². The van der Waals surface area contributed by atoms with Crippen LogP contribution < -0.4 is 4.90 Å². The lowest BCUT2D eigenvalue weighted by atomic mass is 10.0. The van der Waals surface area contributed by atoms with Gasteiger partial charge in [0.1, 0.15) is 5.82 Å². The van der Waals surface area contributed by atoms with Gasteiger partial charge in [-0.3, -0.25) is 0 Å². The summed E-state index contributed by atoms with van der Waals surface area (Å²) < 4.78 is 0. The van der Waals surface area contributed by atoms with Gasteiger partial charge in [-0.15, -0.1) is 0 Å². The lowest BCUT2D eigenvalue weighted by Crippen LogP contribution is -2.23. The molecular weight excluding hydrogens is 200 g/mol. The standard InChI is InChI=1S/C13H18N2O/c1-9-3-2-4-13(14-9)15-7-10-5-12(16)6-11(10)8-15/h2-4,10-12,16H,5-8H2,1H3/t10-,11+,12?. The van der Waals surface area contributed by atoms with Gasteiger partial charge in [-0.2, -0.15) is 0 Å². The van der Waals surface area contributed by atoms with Crippen molar-refractivity contribution in [2.75, 3.05) is 18.0 Å². The summed E-state index contributed by atoms with van der Waals surface area (Å²) in [5, 5.41) is 9.60. The molecule has 0 radical (unpaired) electrons. The van der Waals surface area contributed by atoms with E-state index in [2.05, 4.69) is 22.0 Å². The number of aliphatic hydroxyl groups is 1. The van der Waals surface area contributed by atoms with Crippen LogP contribution in [0.5, 0.6) is 0 Å². The summed E-state index contributed by atoms with van der Waals surface area (Å²) in [6.45, 7) is 4.17. The van der Waals surface area contributed by atoms with E-state index in [9.17, 15) is 5.11 Å². The summed E-state index contributed by atoms with van der Waals surface area (Å²) >= 11 is 0. The minimum absolute atomic E-state index is 0.0531. The molecule has 1 aromatic rings. The summed E-state index contributed by atoms with van der Waals surface area (Å²) in [6.07, 6.45) is 1.91. The highest BCUT2D eigenvalue weighted by Gasteiger charge is 2.40. The first-order valence-corrected chi connectivity index (χ1v) is 6.09. The molecule has 3 atom stereocenters. The molecule has 1 aliphatic heterocycles. The van der Waals surface area contributed by atoms with Crippen LogP contribution in [0.4, 0.5) is 5.82 Å². The lowest BCUT2D eigenvalue weighted by Gasteiger charge is -2.19. The molecule has 1 saturated carbocycles. The van der Waals surface area contributed by atoms with Gasteiger partial charge in [-0.1, -0.05) is 6.07 Å². The quantitative estimate of drug-likeness (QED) is 0.777. The Kier molecular flexibility index (Phi) is 2.36. The molecule has 16 heavy (non-hydrogen) atoms. The number of hydrogen-bond acceptors (Lipinski definition) is 3. The third-order valence-corrected chi connectivity index (χ3v) is 3.92. The van der Waals surface area contributed by atoms with Crippen molar-refractivity contribution in [1.82, 2.24) is 4.98 Å². The maximum absolute atomic E-state index is 9.60. The predicted molar refractivity (Wildman–Crippen MR) is 63.4 cm³/mol. The second-order valence-corrected chi connectivity index (χ2v) is 5.19. The first-order valence-electron chi connectivity index (χ1n) is 6.09. The van der Waals surface area contributed by atoms with Gasteiger partial charge in [0, 0.05) is 18.8 Å². The Hall–Kier alpha value is -1.09. The Morgan fingerprint density at radius 1 is 1.25 bits per heavy atom. The van der Waals surface area contributed by atoms with E-state index in [-0.39, 0.29) is 6.10 Å². The molecule has 2 fully saturated rings. The van der Waals surface area contributed by atoms with E-state index >= 15 is 0 Å². The summed E-state index contributed by atoms with van der Waals surface area (Å²) in [6, 6.07) is 6.19. The number of fused-ring (bicyclic) bond motifs is 1. The number of hydrogen-bond donors (Lipinski definition) is 1. The van der Waals surface area contributed by atoms with Crippen LogP contribution in [0.2, 0.25) is 0 Å². The molecule has 3 rings (SSSR count). The van der Waals surface area contributed by atoms with Crippen LogP contribution in [0.25, 0.3) is 0 Å². The number of aryl methyl sites for hydroxylation is 1. The van der Waals surface area contributed by atoms with Crippen molar-refractivity contribution in [2.24, 2.45) is 11.8 Å². The first-order chi connectivity index (χ1) is 7.72. The van der Waals surface area contributed by atoms with Crippen molar-refractivity contribution < 1.29 is 5.11 Å². The van der Waals surface area contributed by atoms with Crippen molar-refractivity contribution in [3.8, 4) is 0 Å². The van der Waals surface area contributed by atoms with Gasteiger partial charge in [-0.25, -0.2) is 4.98 Å². The van der Waals surface area contributed by atoms with E-state index in [0.717, 1.165) is 37.4 Å². The lowest BCUT2D eigenvalue weighted by molar-refractivity contribution is 0.174. The van der Waals surface area contributed by atoms with Crippen molar-refractivity contribution in [3.05, 3.63) is 23.9 Å². The van der Waals surface area contributed by atoms with Gasteiger partial charge >= 0.3 is 0 Å². The second-order valence-electron chi connectivity index (χ2n) is 5.19. The van der Waals surface area contributed by atoms with Crippen LogP contribution >= 0.6 is 0 Å². The minimum atomic E-state index is -0.0531. The molecule has 2 aliphatic rings. The number of rotatable bonds is 1. The van der Waals surface area contributed by atoms with Crippen LogP contribution in [-0.4, -0.2) is 29.3 Å². The Balaban J connectivity index is 1.75. The molecule has 86 valence electrons. The summed E-state index contributed by atoms with van der Waals surface area (Å²) in [5.41, 5.74) is 1.08. The van der Waals surface area contributed by atoms with Gasteiger partial charge in [0.25, 0.3) is 0 Å². The molecule has 0 bridgehead atoms. The zero-order valence-electron chi connectivity index (χ0n) is 9.63. The van der Waals surface area contributed by atoms with E-state index in [1.54, 1.807) is 0 Å². The van der Waals surface area contributed by atoms with Crippen LogP contribution in [0, 0.1) is 18.8 Å². The number of nitrogens with zero attached hydrogens (tertiary/aromatic N) is 2. The smallest absolute Gasteiger partial charge is 0.128 e. The van der Waals surface area contributed by atoms with Crippen molar-refractivity contribution in [2.45, 2.75) is 25.9 Å². The molecule has 1 saturated heterocycles. The maximum Gasteiger partial charge on any atom is 0.128 e. The average Bonchev–Trinajstić information content (AvgIpc) is 2.74. The Bertz CT molecular complexity index is 379. The summed E-state index contributed by atoms with van der Waals surface area (Å²) in [5.74, 6) is 2.46. The molecule has 0 spiro atoms. The first kappa shape index (κ1) is 10.1. The number of pyridine rings is 1. The van der Waals surface area contributed by atoms with Crippen LogP contribution in [0.3, 0.4) is 0 Å². The molecule has 1 aliphatic carbocycles. The van der Waals surface area contributed by atoms with Crippen molar-refractivity contribution in [3.63, 3.8) is 0 Å². The monoisotopic (exact) mass is 218 g/mol. The summed E-state index contributed by atoms with van der Waals surface area (Å²) in [7, 11) is 0. The van der Waals surface area contributed by atoms with Gasteiger partial charge < -0.3 is 10.0 Å². The predicted octanol–water partition coefficient (Wildman–Crippen LogP) is 1.60. The second kappa shape index (κ2) is 3.74. The summed E-state index contributed by atoms with van der Waals surface area (Å²) in [4.78, 5) is 6.93. The van der Waals surface area contributed by atoms with Gasteiger partial charge in [0.15, 0.2) is 0 Å². The third kappa shape index (κ3) is 1.69.